The van der Waals surface area contributed by atoms with E-state index in [-0.39, 0.29) is 35.8 Å². The molecule has 25 heavy (non-hydrogen) atoms. The summed E-state index contributed by atoms with van der Waals surface area (Å²) >= 11 is 0. The first-order chi connectivity index (χ1) is 11.7. The number of halogens is 1. The molecule has 2 fully saturated rings. The molecule has 0 atom stereocenters. The van der Waals surface area contributed by atoms with Crippen LogP contribution in [0, 0.1) is 11.8 Å². The highest BCUT2D eigenvalue weighted by Gasteiger charge is 2.24. The molecule has 0 bridgehead atoms. The molecule has 2 N–H and O–H groups in total. The zero-order chi connectivity index (χ0) is 17.2. The topological polar surface area (TPSA) is 66.0 Å². The van der Waals surface area contributed by atoms with Gasteiger partial charge < -0.3 is 20.3 Å². The smallest absolute Gasteiger partial charge is 0.223 e. The van der Waals surface area contributed by atoms with E-state index in [1.165, 1.54) is 25.7 Å². The average molecular weight is 466 g/mol. The van der Waals surface area contributed by atoms with Crippen molar-refractivity contribution in [3.63, 3.8) is 0 Å². The Morgan fingerprint density at radius 2 is 1.84 bits per heavy atom. The Hall–Kier alpha value is -0.570. The van der Waals surface area contributed by atoms with Gasteiger partial charge >= 0.3 is 0 Å². The first-order valence-corrected chi connectivity index (χ1v) is 9.48. The summed E-state index contributed by atoms with van der Waals surface area (Å²) in [5.41, 5.74) is 0. The SMILES string of the molecule is CN=C(NCCCNC(=O)C1CCC1)N(C)CCC1CCOCC1.I. The fraction of sp³-hybridized carbons (Fsp3) is 0.889. The second-order valence-corrected chi connectivity index (χ2v) is 7.01. The van der Waals surface area contributed by atoms with Gasteiger partial charge in [0.1, 0.15) is 0 Å². The standard InChI is InChI=1S/C18H34N4O2.HI/c1-19-18(22(2)12-7-15-8-13-24-14-9-15)21-11-4-10-20-17(23)16-5-3-6-16;/h15-16H,3-14H2,1-2H3,(H,19,21)(H,20,23);1H. The molecule has 1 heterocycles. The van der Waals surface area contributed by atoms with Crippen molar-refractivity contribution in [3.8, 4) is 0 Å². The summed E-state index contributed by atoms with van der Waals surface area (Å²) in [6.45, 7) is 4.41. The molecule has 0 aromatic heterocycles. The first-order valence-electron chi connectivity index (χ1n) is 9.48. The maximum absolute atomic E-state index is 11.7. The summed E-state index contributed by atoms with van der Waals surface area (Å²) in [5.74, 6) is 2.23. The highest BCUT2D eigenvalue weighted by Crippen LogP contribution is 2.26. The maximum Gasteiger partial charge on any atom is 0.223 e. The highest BCUT2D eigenvalue weighted by molar-refractivity contribution is 14.0. The van der Waals surface area contributed by atoms with E-state index in [9.17, 15) is 4.79 Å². The number of ether oxygens (including phenoxy) is 1. The summed E-state index contributed by atoms with van der Waals surface area (Å²) in [7, 11) is 3.92. The number of nitrogens with zero attached hydrogens (tertiary/aromatic N) is 2. The van der Waals surface area contributed by atoms with Gasteiger partial charge in [0.2, 0.25) is 5.91 Å². The number of guanidine groups is 1. The van der Waals surface area contributed by atoms with Crippen LogP contribution in [0.3, 0.4) is 0 Å². The molecule has 0 spiro atoms. The lowest BCUT2D eigenvalue weighted by Gasteiger charge is -2.27. The van der Waals surface area contributed by atoms with E-state index in [2.05, 4.69) is 27.6 Å². The number of amides is 1. The summed E-state index contributed by atoms with van der Waals surface area (Å²) in [5, 5.41) is 6.42. The molecule has 2 aliphatic rings. The lowest BCUT2D eigenvalue weighted by molar-refractivity contribution is -0.127. The second kappa shape index (κ2) is 12.7. The molecule has 1 saturated carbocycles. The molecule has 146 valence electrons. The number of rotatable bonds is 8. The third-order valence-electron chi connectivity index (χ3n) is 5.20. The Labute approximate surface area is 169 Å². The van der Waals surface area contributed by atoms with Gasteiger partial charge in [-0.1, -0.05) is 6.42 Å². The predicted molar refractivity (Wildman–Crippen MR) is 113 cm³/mol. The van der Waals surface area contributed by atoms with Crippen molar-refractivity contribution in [3.05, 3.63) is 0 Å². The van der Waals surface area contributed by atoms with Crippen LogP contribution in [0.1, 0.15) is 44.9 Å². The van der Waals surface area contributed by atoms with Gasteiger partial charge in [0.25, 0.3) is 0 Å². The van der Waals surface area contributed by atoms with Crippen molar-refractivity contribution in [1.82, 2.24) is 15.5 Å². The molecular formula is C18H35IN4O2. The van der Waals surface area contributed by atoms with Crippen LogP contribution in [0.5, 0.6) is 0 Å². The monoisotopic (exact) mass is 466 g/mol. The summed E-state index contributed by atoms with van der Waals surface area (Å²) in [6.07, 6.45) is 7.81. The van der Waals surface area contributed by atoms with Crippen LogP contribution in [-0.4, -0.2) is 63.7 Å². The fourth-order valence-electron chi connectivity index (χ4n) is 3.22. The molecule has 1 saturated heterocycles. The third kappa shape index (κ3) is 8.11. The number of carbonyl (C=O) groups excluding carboxylic acids is 1. The van der Waals surface area contributed by atoms with E-state index in [1.54, 1.807) is 0 Å². The average Bonchev–Trinajstić information content (AvgIpc) is 2.55. The summed E-state index contributed by atoms with van der Waals surface area (Å²) < 4.78 is 5.41. The van der Waals surface area contributed by atoms with Crippen molar-refractivity contribution in [1.29, 1.82) is 0 Å². The lowest BCUT2D eigenvalue weighted by atomic mass is 9.85. The molecule has 1 aliphatic carbocycles. The minimum Gasteiger partial charge on any atom is -0.381 e. The van der Waals surface area contributed by atoms with E-state index in [1.807, 2.05) is 7.05 Å². The third-order valence-corrected chi connectivity index (χ3v) is 5.20. The van der Waals surface area contributed by atoms with Crippen LogP contribution < -0.4 is 10.6 Å². The van der Waals surface area contributed by atoms with Crippen LogP contribution in [0.4, 0.5) is 0 Å². The van der Waals surface area contributed by atoms with Gasteiger partial charge in [-0.05, 0) is 44.4 Å². The van der Waals surface area contributed by atoms with Crippen LogP contribution in [-0.2, 0) is 9.53 Å². The van der Waals surface area contributed by atoms with Gasteiger partial charge in [-0.3, -0.25) is 9.79 Å². The molecule has 1 aliphatic heterocycles. The van der Waals surface area contributed by atoms with Crippen LogP contribution in [0.25, 0.3) is 0 Å². The molecule has 0 radical (unpaired) electrons. The Kier molecular flexibility index (Phi) is 11.4. The second-order valence-electron chi connectivity index (χ2n) is 7.01. The van der Waals surface area contributed by atoms with E-state index in [4.69, 9.17) is 4.74 Å². The number of aliphatic imine (C=N–C) groups is 1. The van der Waals surface area contributed by atoms with E-state index < -0.39 is 0 Å². The van der Waals surface area contributed by atoms with E-state index in [0.717, 1.165) is 64.0 Å². The minimum absolute atomic E-state index is 0. The molecule has 7 heteroatoms. The van der Waals surface area contributed by atoms with Crippen molar-refractivity contribution in [2.24, 2.45) is 16.8 Å². The van der Waals surface area contributed by atoms with E-state index in [0.29, 0.717) is 0 Å². The summed E-state index contributed by atoms with van der Waals surface area (Å²) in [4.78, 5) is 18.3. The van der Waals surface area contributed by atoms with E-state index >= 15 is 0 Å². The number of hydrogen-bond donors (Lipinski definition) is 2. The van der Waals surface area contributed by atoms with Gasteiger partial charge in [0, 0.05) is 52.9 Å². The van der Waals surface area contributed by atoms with Crippen molar-refractivity contribution >= 4 is 35.8 Å². The zero-order valence-electron chi connectivity index (χ0n) is 15.8. The van der Waals surface area contributed by atoms with Gasteiger partial charge in [0.15, 0.2) is 5.96 Å². The molecule has 1 amide bonds. The Morgan fingerprint density at radius 1 is 1.16 bits per heavy atom. The lowest BCUT2D eigenvalue weighted by Crippen LogP contribution is -2.41. The molecule has 0 unspecified atom stereocenters. The van der Waals surface area contributed by atoms with Crippen LogP contribution in [0.15, 0.2) is 4.99 Å². The first kappa shape index (κ1) is 22.5. The fourth-order valence-corrected chi connectivity index (χ4v) is 3.22. The minimum atomic E-state index is 0. The quantitative estimate of drug-likeness (QED) is 0.249. The van der Waals surface area contributed by atoms with Crippen molar-refractivity contribution < 1.29 is 9.53 Å². The summed E-state index contributed by atoms with van der Waals surface area (Å²) in [6, 6.07) is 0. The van der Waals surface area contributed by atoms with Crippen LogP contribution >= 0.6 is 24.0 Å². The molecule has 6 nitrogen and oxygen atoms in total. The zero-order valence-corrected chi connectivity index (χ0v) is 18.1. The molecule has 0 aromatic carbocycles. The van der Waals surface area contributed by atoms with Crippen LogP contribution in [0.2, 0.25) is 0 Å². The van der Waals surface area contributed by atoms with Gasteiger partial charge in [-0.25, -0.2) is 0 Å². The number of nitrogens with one attached hydrogen (secondary N) is 2. The van der Waals surface area contributed by atoms with Gasteiger partial charge in [0.05, 0.1) is 0 Å². The van der Waals surface area contributed by atoms with Crippen molar-refractivity contribution in [2.75, 3.05) is 46.9 Å². The molecular weight excluding hydrogens is 431 g/mol. The molecule has 0 aromatic rings. The predicted octanol–water partition coefficient (Wildman–Crippen LogP) is 2.23. The number of carbonyl (C=O) groups is 1. The number of hydrogen-bond acceptors (Lipinski definition) is 3. The molecule has 2 rings (SSSR count). The van der Waals surface area contributed by atoms with Gasteiger partial charge in [-0.2, -0.15) is 0 Å². The Morgan fingerprint density at radius 3 is 2.44 bits per heavy atom. The highest BCUT2D eigenvalue weighted by atomic mass is 127. The largest absolute Gasteiger partial charge is 0.381 e. The van der Waals surface area contributed by atoms with Crippen molar-refractivity contribution in [2.45, 2.75) is 44.9 Å². The Bertz CT molecular complexity index is 410. The van der Waals surface area contributed by atoms with Gasteiger partial charge in [-0.15, -0.1) is 24.0 Å². The Balaban J connectivity index is 0.00000312. The normalized spacial score (nSPS) is 18.9. The maximum atomic E-state index is 11.7.